The molecule has 0 aliphatic rings. The van der Waals surface area contributed by atoms with E-state index in [4.69, 9.17) is 63.7 Å². The number of hydrogen-bond donors (Lipinski definition) is 6. The number of anilines is 4. The van der Waals surface area contributed by atoms with Gasteiger partial charge in [-0.2, -0.15) is 0 Å². The summed E-state index contributed by atoms with van der Waals surface area (Å²) in [6, 6.07) is 71.3. The van der Waals surface area contributed by atoms with Gasteiger partial charge in [0.25, 0.3) is 23.6 Å². The van der Waals surface area contributed by atoms with E-state index >= 15 is 0 Å². The second kappa shape index (κ2) is 41.7. The Balaban J connectivity index is 0.000000160. The average Bonchev–Trinajstić information content (AvgIpc) is 0.821. The van der Waals surface area contributed by atoms with E-state index in [0.717, 1.165) is 0 Å². The topological polar surface area (TPSA) is 394 Å². The summed E-state index contributed by atoms with van der Waals surface area (Å²) >= 11 is 31.2. The van der Waals surface area contributed by atoms with Crippen LogP contribution in [0.2, 0.25) is 25.1 Å². The highest BCUT2D eigenvalue weighted by molar-refractivity contribution is 7.92. The van der Waals surface area contributed by atoms with Crippen LogP contribution in [0.25, 0.3) is 45.0 Å². The van der Waals surface area contributed by atoms with Gasteiger partial charge >= 0.3 is 0 Å². The number of aliphatic hydroxyl groups excluding tert-OH is 1. The third kappa shape index (κ3) is 25.4. The molecule has 34 heteroatoms. The minimum atomic E-state index is -3.83. The third-order valence-corrected chi connectivity index (χ3v) is 26.1. The van der Waals surface area contributed by atoms with Crippen molar-refractivity contribution in [2.45, 2.75) is 44.1 Å². The summed E-state index contributed by atoms with van der Waals surface area (Å²) in [6.45, 7) is 1.38. The molecule has 0 spiro atoms. The molecule has 5 amide bonds. The molecule has 1 unspecified atom stereocenters. The molecular weight excluding hydrogens is 1750 g/mol. The van der Waals surface area contributed by atoms with Crippen LogP contribution in [0.3, 0.4) is 0 Å². The molecule has 123 heavy (non-hydrogen) atoms. The summed E-state index contributed by atoms with van der Waals surface area (Å²) < 4.78 is 99.0. The number of nitrogens with one attached hydrogen (secondary N) is 4. The maximum Gasteiger partial charge on any atom is 0.257 e. The standard InChI is InChI=1S/2C24H18ClN3O3S.C21H18Cl2N2O4S.C20H16ClN3O4S/c25-22-12-9-18(15-21(22)23-6-2-4-14-27-23)28-24(29)17-7-10-20(11-8-17)32(30,31)16-19-5-1-3-13-26-19;25-22-11-8-19(14-21(22)23-5-1-2-13-27-23)28-24(29)18-6-9-20(10-7-18)32(30,31)16-17-4-3-12-26-15-17;1-13(26)12-30(28,29)15-6-7-16(19(23)11-15)21(27)25-14-5-8-18(22)17(10-14)20-4-2-3-9-24-20;21-17-9-6-14(11-16(17)18-3-1-2-10-23-18)24-20(26)13-4-7-15(8-5-13)29(27,28)12-19(22)25/h2*1-15H,16H2,(H,28,29);2-11,13,26H,12H2,1H3,(H,25,27);1-11H,12H2,(H2,22,25)(H,24,26). The zero-order valence-electron chi connectivity index (χ0n) is 64.4. The van der Waals surface area contributed by atoms with Crippen molar-refractivity contribution in [1.29, 1.82) is 0 Å². The van der Waals surface area contributed by atoms with Crippen molar-refractivity contribution in [3.63, 3.8) is 0 Å². The number of hydrogen-bond acceptors (Lipinski definition) is 20. The van der Waals surface area contributed by atoms with Crippen molar-refractivity contribution in [3.05, 3.63) is 369 Å². The Labute approximate surface area is 733 Å². The van der Waals surface area contributed by atoms with E-state index in [9.17, 15) is 62.8 Å². The first-order valence-electron chi connectivity index (χ1n) is 36.6. The highest BCUT2D eigenvalue weighted by Gasteiger charge is 2.25. The van der Waals surface area contributed by atoms with Gasteiger partial charge in [-0.05, 0) is 243 Å². The Kier molecular flexibility index (Phi) is 30.8. The highest BCUT2D eigenvalue weighted by atomic mass is 35.5. The number of nitrogens with two attached hydrogens (primary N) is 1. The van der Waals surface area contributed by atoms with Gasteiger partial charge in [0, 0.05) is 105 Å². The normalized spacial score (nSPS) is 11.4. The van der Waals surface area contributed by atoms with Gasteiger partial charge < -0.3 is 32.1 Å². The number of rotatable bonds is 24. The van der Waals surface area contributed by atoms with Crippen molar-refractivity contribution in [2.24, 2.45) is 5.73 Å². The van der Waals surface area contributed by atoms with Crippen molar-refractivity contribution >= 4 is 150 Å². The van der Waals surface area contributed by atoms with Gasteiger partial charge in [-0.15, -0.1) is 0 Å². The Morgan fingerprint density at radius 2 is 0.691 bits per heavy atom. The van der Waals surface area contributed by atoms with Gasteiger partial charge in [0.2, 0.25) is 5.91 Å². The lowest BCUT2D eigenvalue weighted by Gasteiger charge is -2.11. The van der Waals surface area contributed by atoms with Crippen molar-refractivity contribution in [1.82, 2.24) is 29.9 Å². The number of nitrogens with zero attached hydrogens (tertiary/aromatic N) is 6. The molecule has 0 saturated heterocycles. The zero-order valence-corrected chi connectivity index (χ0v) is 71.4. The predicted octanol–water partition coefficient (Wildman–Crippen LogP) is 17.4. The van der Waals surface area contributed by atoms with E-state index in [2.05, 4.69) is 51.2 Å². The fraction of sp³-hybridized carbons (Fsp3) is 0.0674. The largest absolute Gasteiger partial charge is 0.392 e. The molecule has 0 bridgehead atoms. The van der Waals surface area contributed by atoms with Crippen molar-refractivity contribution in [3.8, 4) is 45.0 Å². The first-order valence-corrected chi connectivity index (χ1v) is 45.1. The average molecular weight is 1820 g/mol. The van der Waals surface area contributed by atoms with Gasteiger partial charge in [0.05, 0.1) is 102 Å². The lowest BCUT2D eigenvalue weighted by atomic mass is 10.1. The summed E-state index contributed by atoms with van der Waals surface area (Å²) in [4.78, 5) is 86.6. The molecule has 6 aromatic heterocycles. The summed E-state index contributed by atoms with van der Waals surface area (Å²) in [7, 11) is -14.7. The fourth-order valence-electron chi connectivity index (χ4n) is 11.6. The number of sulfone groups is 4. The number of pyridine rings is 6. The first kappa shape index (κ1) is 91.0. The van der Waals surface area contributed by atoms with Crippen LogP contribution in [0.5, 0.6) is 0 Å². The van der Waals surface area contributed by atoms with E-state index in [0.29, 0.717) is 110 Å². The summed E-state index contributed by atoms with van der Waals surface area (Å²) in [5.74, 6) is -4.21. The zero-order chi connectivity index (χ0) is 88.0. The molecule has 624 valence electrons. The van der Waals surface area contributed by atoms with E-state index in [1.807, 2.05) is 48.5 Å². The van der Waals surface area contributed by atoms with Gasteiger partial charge in [-0.1, -0.05) is 94.4 Å². The van der Waals surface area contributed by atoms with Crippen LogP contribution in [0.15, 0.2) is 330 Å². The number of benzene rings is 8. The molecule has 14 rings (SSSR count). The number of aliphatic hydroxyl groups is 1. The summed E-state index contributed by atoms with van der Waals surface area (Å²) in [5.41, 5.74) is 14.5. The first-order chi connectivity index (χ1) is 58.8. The van der Waals surface area contributed by atoms with Crippen LogP contribution in [-0.4, -0.2) is 116 Å². The van der Waals surface area contributed by atoms with Crippen LogP contribution in [0.1, 0.15) is 59.6 Å². The lowest BCUT2D eigenvalue weighted by molar-refractivity contribution is -0.115. The van der Waals surface area contributed by atoms with Crippen LogP contribution >= 0.6 is 58.0 Å². The van der Waals surface area contributed by atoms with E-state index in [-0.39, 0.29) is 59.1 Å². The predicted molar refractivity (Wildman–Crippen MR) is 477 cm³/mol. The molecule has 6 heterocycles. The van der Waals surface area contributed by atoms with E-state index < -0.39 is 74.7 Å². The highest BCUT2D eigenvalue weighted by Crippen LogP contribution is 2.35. The minimum absolute atomic E-state index is 0.0157. The molecule has 0 fully saturated rings. The number of aromatic nitrogens is 6. The molecule has 8 aromatic carbocycles. The Morgan fingerprint density at radius 1 is 0.350 bits per heavy atom. The number of carbonyl (C=O) groups excluding carboxylic acids is 5. The smallest absolute Gasteiger partial charge is 0.257 e. The van der Waals surface area contributed by atoms with Crippen molar-refractivity contribution < 1.29 is 62.8 Å². The second-order valence-corrected chi connectivity index (χ2v) is 36.8. The third-order valence-electron chi connectivity index (χ3n) is 17.6. The van der Waals surface area contributed by atoms with Crippen LogP contribution in [0.4, 0.5) is 22.7 Å². The molecule has 0 radical (unpaired) electrons. The molecule has 25 nitrogen and oxygen atoms in total. The fourth-order valence-corrected chi connectivity index (χ4v) is 17.9. The summed E-state index contributed by atoms with van der Waals surface area (Å²) in [6.07, 6.45) is 10.3. The number of carbonyl (C=O) groups is 5. The minimum Gasteiger partial charge on any atom is -0.392 e. The Bertz CT molecular complexity index is 6430. The molecule has 0 aliphatic heterocycles. The van der Waals surface area contributed by atoms with Gasteiger partial charge in [-0.3, -0.25) is 53.9 Å². The molecule has 7 N–H and O–H groups in total. The Hall–Kier alpha value is -12.8. The maximum absolute atomic E-state index is 12.7. The monoisotopic (exact) mass is 1820 g/mol. The molecule has 1 atom stereocenters. The second-order valence-electron chi connectivity index (χ2n) is 26.7. The molecule has 0 saturated carbocycles. The SMILES string of the molecule is CC(O)CS(=O)(=O)c1ccc(C(=O)Nc2ccc(Cl)c(-c3ccccn3)c2)c(Cl)c1.NC(=O)CS(=O)(=O)c1ccc(C(=O)Nc2ccc(Cl)c(-c3ccccn3)c2)cc1.O=C(Nc1ccc(Cl)c(-c2ccccn2)c1)c1ccc(S(=O)(=O)Cc2ccccn2)cc1.O=C(Nc1ccc(Cl)c(-c2ccccn2)c1)c1ccc(S(=O)(=O)Cc2cccnc2)cc1. The molecule has 14 aromatic rings. The number of primary amides is 1. The van der Waals surface area contributed by atoms with Crippen LogP contribution in [-0.2, 0) is 55.6 Å². The number of amides is 5. The summed E-state index contributed by atoms with van der Waals surface area (Å²) in [5, 5.41) is 22.4. The molecule has 0 aliphatic carbocycles. The van der Waals surface area contributed by atoms with Crippen LogP contribution < -0.4 is 27.0 Å². The van der Waals surface area contributed by atoms with Gasteiger partial charge in [-0.25, -0.2) is 33.7 Å². The van der Waals surface area contributed by atoms with Gasteiger partial charge in [0.15, 0.2) is 39.3 Å². The molecular formula is C89H70Cl5N11O14S4. The number of halogens is 5. The van der Waals surface area contributed by atoms with Gasteiger partial charge in [0.1, 0.15) is 5.75 Å². The van der Waals surface area contributed by atoms with E-state index in [1.54, 1.807) is 165 Å². The van der Waals surface area contributed by atoms with Crippen molar-refractivity contribution in [2.75, 3.05) is 32.8 Å². The quantitative estimate of drug-likeness (QED) is 0.0327. The lowest BCUT2D eigenvalue weighted by Crippen LogP contribution is -2.23. The van der Waals surface area contributed by atoms with Crippen LogP contribution in [0, 0.1) is 0 Å². The maximum atomic E-state index is 12.7. The van der Waals surface area contributed by atoms with E-state index in [1.165, 1.54) is 104 Å². The Morgan fingerprint density at radius 3 is 1.01 bits per heavy atom.